The number of hydrogen-bond donors (Lipinski definition) is 1. The third-order valence-electron chi connectivity index (χ3n) is 1.91. The number of nitrogens with zero attached hydrogens (tertiary/aromatic N) is 1. The maximum absolute atomic E-state index is 5.59. The molecule has 1 heterocycles. The maximum atomic E-state index is 5.59. The lowest BCUT2D eigenvalue weighted by Crippen LogP contribution is -3.00. The van der Waals surface area contributed by atoms with Crippen LogP contribution in [-0.2, 0) is 0 Å². The van der Waals surface area contributed by atoms with Crippen LogP contribution in [0.1, 0.15) is 0 Å². The van der Waals surface area contributed by atoms with Crippen LogP contribution < -0.4 is 22.7 Å². The Morgan fingerprint density at radius 2 is 1.43 bits per heavy atom. The molecule has 0 spiro atoms. The first-order valence-corrected chi connectivity index (χ1v) is 4.18. The van der Waals surface area contributed by atoms with Crippen molar-refractivity contribution in [2.24, 2.45) is 0 Å². The second-order valence-corrected chi connectivity index (χ2v) is 2.87. The molecular formula is C11H11ClN2. The smallest absolute Gasteiger partial charge is 0.210 e. The zero-order valence-corrected chi connectivity index (χ0v) is 8.35. The highest BCUT2D eigenvalue weighted by molar-refractivity contribution is 5.33. The molecule has 2 aromatic rings. The van der Waals surface area contributed by atoms with Gasteiger partial charge in [-0.05, 0) is 0 Å². The second kappa shape index (κ2) is 4.63. The van der Waals surface area contributed by atoms with Crippen molar-refractivity contribution >= 4 is 5.69 Å². The summed E-state index contributed by atoms with van der Waals surface area (Å²) in [5.41, 5.74) is 7.52. The van der Waals surface area contributed by atoms with E-state index in [1.54, 1.807) is 0 Å². The number of pyridine rings is 1. The summed E-state index contributed by atoms with van der Waals surface area (Å²) in [5.74, 6) is 0. The van der Waals surface area contributed by atoms with Gasteiger partial charge in [-0.3, -0.25) is 0 Å². The Kier molecular flexibility index (Phi) is 3.48. The lowest BCUT2D eigenvalue weighted by Gasteiger charge is -1.94. The van der Waals surface area contributed by atoms with Crippen LogP contribution in [0.2, 0.25) is 0 Å². The van der Waals surface area contributed by atoms with Crippen molar-refractivity contribution in [2.45, 2.75) is 0 Å². The Balaban J connectivity index is 0.000000980. The number of nitrogen functional groups attached to an aromatic ring is 1. The van der Waals surface area contributed by atoms with Crippen molar-refractivity contribution in [3.63, 3.8) is 0 Å². The summed E-state index contributed by atoms with van der Waals surface area (Å²) < 4.78 is 2.02. The average Bonchev–Trinajstić information content (AvgIpc) is 2.20. The normalized spacial score (nSPS) is 9.14. The molecule has 0 unspecified atom stereocenters. The third-order valence-corrected chi connectivity index (χ3v) is 1.91. The summed E-state index contributed by atoms with van der Waals surface area (Å²) in [7, 11) is 0. The summed E-state index contributed by atoms with van der Waals surface area (Å²) in [6, 6.07) is 13.9. The van der Waals surface area contributed by atoms with E-state index in [-0.39, 0.29) is 12.4 Å². The molecule has 14 heavy (non-hydrogen) atoms. The molecule has 3 heteroatoms. The Bertz CT molecular complexity index is 384. The minimum Gasteiger partial charge on any atom is -1.00 e. The van der Waals surface area contributed by atoms with Gasteiger partial charge in [0.25, 0.3) is 0 Å². The van der Waals surface area contributed by atoms with Gasteiger partial charge in [0.05, 0.1) is 0 Å². The monoisotopic (exact) mass is 206 g/mol. The van der Waals surface area contributed by atoms with E-state index in [4.69, 9.17) is 5.73 Å². The second-order valence-electron chi connectivity index (χ2n) is 2.87. The number of halogens is 1. The van der Waals surface area contributed by atoms with E-state index in [9.17, 15) is 0 Å². The molecule has 0 aliphatic rings. The lowest BCUT2D eigenvalue weighted by molar-refractivity contribution is -0.595. The Hall–Kier alpha value is -1.54. The predicted molar refractivity (Wildman–Crippen MR) is 52.4 cm³/mol. The molecule has 0 fully saturated rings. The molecule has 2 N–H and O–H groups in total. The third kappa shape index (κ3) is 2.24. The fraction of sp³-hybridized carbons (Fsp3) is 0. The molecule has 0 aliphatic carbocycles. The summed E-state index contributed by atoms with van der Waals surface area (Å²) in [6.07, 6.45) is 3.90. The van der Waals surface area contributed by atoms with Crippen molar-refractivity contribution in [3.05, 3.63) is 54.9 Å². The predicted octanol–water partition coefficient (Wildman–Crippen LogP) is -1.45. The first-order chi connectivity index (χ1) is 6.36. The van der Waals surface area contributed by atoms with Gasteiger partial charge in [-0.15, -0.1) is 0 Å². The number of para-hydroxylation sites is 1. The maximum Gasteiger partial charge on any atom is 0.210 e. The lowest BCUT2D eigenvalue weighted by atomic mass is 10.3. The number of nitrogens with two attached hydrogens (primary N) is 1. The molecular weight excluding hydrogens is 196 g/mol. The van der Waals surface area contributed by atoms with Crippen LogP contribution in [-0.4, -0.2) is 0 Å². The van der Waals surface area contributed by atoms with Crippen LogP contribution in [0, 0.1) is 0 Å². The van der Waals surface area contributed by atoms with E-state index in [1.807, 2.05) is 47.3 Å². The van der Waals surface area contributed by atoms with Crippen molar-refractivity contribution < 1.29 is 17.0 Å². The van der Waals surface area contributed by atoms with E-state index in [2.05, 4.69) is 12.1 Å². The molecule has 0 amide bonds. The van der Waals surface area contributed by atoms with E-state index in [0.29, 0.717) is 0 Å². The zero-order valence-electron chi connectivity index (χ0n) is 7.60. The molecule has 72 valence electrons. The highest BCUT2D eigenvalue weighted by Crippen LogP contribution is 1.99. The fourth-order valence-electron chi connectivity index (χ4n) is 1.21. The first-order valence-electron chi connectivity index (χ1n) is 4.18. The topological polar surface area (TPSA) is 29.9 Å². The quantitative estimate of drug-likeness (QED) is 0.569. The van der Waals surface area contributed by atoms with E-state index in [1.165, 1.54) is 0 Å². The van der Waals surface area contributed by atoms with E-state index >= 15 is 0 Å². The zero-order chi connectivity index (χ0) is 9.10. The minimum absolute atomic E-state index is 0. The van der Waals surface area contributed by atoms with Crippen LogP contribution in [0.4, 0.5) is 5.69 Å². The highest BCUT2D eigenvalue weighted by Gasteiger charge is 2.01. The summed E-state index contributed by atoms with van der Waals surface area (Å²) in [6.45, 7) is 0. The van der Waals surface area contributed by atoms with Crippen LogP contribution in [0.25, 0.3) is 5.69 Å². The standard InChI is InChI=1S/C11H10N2.ClH/c12-10-6-8-13(9-7-10)11-4-2-1-3-5-11;/h1-9,12H;1H. The Labute approximate surface area is 89.4 Å². The van der Waals surface area contributed by atoms with Crippen LogP contribution >= 0.6 is 0 Å². The molecule has 0 radical (unpaired) electrons. The molecule has 0 bridgehead atoms. The molecule has 1 aromatic heterocycles. The van der Waals surface area contributed by atoms with Crippen molar-refractivity contribution in [1.82, 2.24) is 0 Å². The molecule has 0 atom stereocenters. The summed E-state index contributed by atoms with van der Waals surface area (Å²) in [4.78, 5) is 0. The van der Waals surface area contributed by atoms with Gasteiger partial charge in [-0.25, -0.2) is 0 Å². The minimum atomic E-state index is 0. The van der Waals surface area contributed by atoms with Crippen molar-refractivity contribution in [1.29, 1.82) is 0 Å². The van der Waals surface area contributed by atoms with E-state index < -0.39 is 0 Å². The van der Waals surface area contributed by atoms with Gasteiger partial charge in [-0.1, -0.05) is 18.2 Å². The fourth-order valence-corrected chi connectivity index (χ4v) is 1.21. The van der Waals surface area contributed by atoms with Crippen LogP contribution in [0.5, 0.6) is 0 Å². The molecule has 0 saturated heterocycles. The van der Waals surface area contributed by atoms with Crippen molar-refractivity contribution in [2.75, 3.05) is 5.73 Å². The molecule has 2 nitrogen and oxygen atoms in total. The van der Waals surface area contributed by atoms with E-state index in [0.717, 1.165) is 11.4 Å². The Morgan fingerprint density at radius 1 is 0.857 bits per heavy atom. The number of benzene rings is 1. The van der Waals surface area contributed by atoms with Gasteiger partial charge < -0.3 is 18.1 Å². The van der Waals surface area contributed by atoms with Crippen LogP contribution in [0.15, 0.2) is 54.9 Å². The van der Waals surface area contributed by atoms with Gasteiger partial charge in [0.1, 0.15) is 0 Å². The summed E-state index contributed by atoms with van der Waals surface area (Å²) in [5, 5.41) is 0. The largest absolute Gasteiger partial charge is 1.00 e. The summed E-state index contributed by atoms with van der Waals surface area (Å²) >= 11 is 0. The Morgan fingerprint density at radius 3 is 2.00 bits per heavy atom. The molecule has 2 rings (SSSR count). The SMILES string of the molecule is Nc1cc[n+](-c2ccccc2)cc1.[Cl-]. The van der Waals surface area contributed by atoms with Crippen LogP contribution in [0.3, 0.4) is 0 Å². The average molecular weight is 207 g/mol. The van der Waals surface area contributed by atoms with Crippen molar-refractivity contribution in [3.8, 4) is 5.69 Å². The highest BCUT2D eigenvalue weighted by atomic mass is 35.5. The molecule has 0 saturated carbocycles. The number of hydrogen-bond acceptors (Lipinski definition) is 1. The number of rotatable bonds is 1. The van der Waals surface area contributed by atoms with Gasteiger partial charge in [-0.2, -0.15) is 4.57 Å². The molecule has 1 aromatic carbocycles. The van der Waals surface area contributed by atoms with Gasteiger partial charge in [0.15, 0.2) is 12.4 Å². The molecule has 0 aliphatic heterocycles. The van der Waals surface area contributed by atoms with Gasteiger partial charge in [0.2, 0.25) is 5.69 Å². The number of anilines is 1. The number of aromatic nitrogens is 1. The van der Waals surface area contributed by atoms with Gasteiger partial charge >= 0.3 is 0 Å². The first kappa shape index (κ1) is 10.5. The van der Waals surface area contributed by atoms with Gasteiger partial charge in [0, 0.05) is 30.0 Å².